The molecular weight excluding hydrogens is 388 g/mol. The SMILES string of the molecule is O=C(Cc1noc2ccccc12)N1CCC(S(=O)(=O)c2ccc(Cl)cc2)C1. The minimum absolute atomic E-state index is 0.0880. The fourth-order valence-corrected chi connectivity index (χ4v) is 5.16. The van der Waals surface area contributed by atoms with E-state index in [-0.39, 0.29) is 23.8 Å². The molecule has 27 heavy (non-hydrogen) atoms. The first kappa shape index (κ1) is 18.0. The zero-order valence-corrected chi connectivity index (χ0v) is 15.9. The van der Waals surface area contributed by atoms with Crippen LogP contribution in [0.25, 0.3) is 11.0 Å². The Morgan fingerprint density at radius 2 is 1.93 bits per heavy atom. The molecule has 8 heteroatoms. The molecule has 0 radical (unpaired) electrons. The molecule has 0 aliphatic carbocycles. The number of fused-ring (bicyclic) bond motifs is 1. The minimum atomic E-state index is -3.51. The number of nitrogens with zero attached hydrogens (tertiary/aromatic N) is 2. The van der Waals surface area contributed by atoms with Crippen LogP contribution in [0.4, 0.5) is 0 Å². The lowest BCUT2D eigenvalue weighted by Gasteiger charge is -2.16. The number of halogens is 1. The van der Waals surface area contributed by atoms with Crippen molar-refractivity contribution in [2.24, 2.45) is 0 Å². The van der Waals surface area contributed by atoms with Gasteiger partial charge in [0.25, 0.3) is 0 Å². The summed E-state index contributed by atoms with van der Waals surface area (Å²) in [5, 5.41) is 4.65. The smallest absolute Gasteiger partial charge is 0.228 e. The lowest BCUT2D eigenvalue weighted by molar-refractivity contribution is -0.129. The summed E-state index contributed by atoms with van der Waals surface area (Å²) in [6.07, 6.45) is 0.501. The number of para-hydroxylation sites is 1. The van der Waals surface area contributed by atoms with E-state index in [1.807, 2.05) is 18.2 Å². The van der Waals surface area contributed by atoms with Crippen LogP contribution in [0.3, 0.4) is 0 Å². The van der Waals surface area contributed by atoms with Gasteiger partial charge in [-0.2, -0.15) is 0 Å². The van der Waals surface area contributed by atoms with Crippen molar-refractivity contribution >= 4 is 38.3 Å². The Morgan fingerprint density at radius 1 is 1.19 bits per heavy atom. The topological polar surface area (TPSA) is 80.5 Å². The summed E-state index contributed by atoms with van der Waals surface area (Å²) in [7, 11) is -3.51. The fourth-order valence-electron chi connectivity index (χ4n) is 3.35. The first-order valence-corrected chi connectivity index (χ1v) is 10.5. The van der Waals surface area contributed by atoms with E-state index in [1.54, 1.807) is 23.1 Å². The molecule has 0 bridgehead atoms. The van der Waals surface area contributed by atoms with E-state index in [4.69, 9.17) is 16.1 Å². The lowest BCUT2D eigenvalue weighted by atomic mass is 10.1. The maximum absolute atomic E-state index is 12.8. The molecular formula is C19H17ClN2O4S. The highest BCUT2D eigenvalue weighted by atomic mass is 35.5. The van der Waals surface area contributed by atoms with E-state index in [0.717, 1.165) is 5.39 Å². The predicted molar refractivity (Wildman–Crippen MR) is 101 cm³/mol. The number of amides is 1. The number of sulfone groups is 1. The zero-order valence-electron chi connectivity index (χ0n) is 14.3. The third kappa shape index (κ3) is 3.44. The van der Waals surface area contributed by atoms with Gasteiger partial charge in [-0.25, -0.2) is 8.42 Å². The standard InChI is InChI=1S/C19H17ClN2O4S/c20-13-5-7-14(8-6-13)27(24,25)15-9-10-22(12-15)19(23)11-17-16-3-1-2-4-18(16)26-21-17/h1-8,15H,9-12H2. The molecule has 0 spiro atoms. The van der Waals surface area contributed by atoms with Gasteiger partial charge in [0.2, 0.25) is 5.91 Å². The maximum atomic E-state index is 12.8. The van der Waals surface area contributed by atoms with E-state index in [1.165, 1.54) is 12.1 Å². The van der Waals surface area contributed by atoms with Crippen molar-refractivity contribution in [2.75, 3.05) is 13.1 Å². The Hall–Kier alpha value is -2.38. The molecule has 1 saturated heterocycles. The van der Waals surface area contributed by atoms with Crippen LogP contribution < -0.4 is 0 Å². The van der Waals surface area contributed by atoms with Gasteiger partial charge in [0.05, 0.1) is 16.6 Å². The molecule has 1 amide bonds. The zero-order chi connectivity index (χ0) is 19.0. The molecule has 3 aromatic rings. The molecule has 1 aliphatic rings. The summed E-state index contributed by atoms with van der Waals surface area (Å²) >= 11 is 5.83. The normalized spacial score (nSPS) is 17.5. The summed E-state index contributed by atoms with van der Waals surface area (Å²) in [6.45, 7) is 0.589. The Labute approximate surface area is 161 Å². The Bertz CT molecular complexity index is 1090. The van der Waals surface area contributed by atoms with Crippen LogP contribution >= 0.6 is 11.6 Å². The van der Waals surface area contributed by atoms with E-state index in [0.29, 0.717) is 29.3 Å². The molecule has 4 rings (SSSR count). The summed E-state index contributed by atoms with van der Waals surface area (Å²) in [4.78, 5) is 14.5. The van der Waals surface area contributed by atoms with Crippen LogP contribution in [0.2, 0.25) is 5.02 Å². The van der Waals surface area contributed by atoms with Crippen molar-refractivity contribution in [3.8, 4) is 0 Å². The highest BCUT2D eigenvalue weighted by molar-refractivity contribution is 7.92. The van der Waals surface area contributed by atoms with Gasteiger partial charge in [0.15, 0.2) is 15.4 Å². The van der Waals surface area contributed by atoms with E-state index in [9.17, 15) is 13.2 Å². The van der Waals surface area contributed by atoms with Crippen molar-refractivity contribution in [1.82, 2.24) is 10.1 Å². The highest BCUT2D eigenvalue weighted by Crippen LogP contribution is 2.26. The van der Waals surface area contributed by atoms with Crippen molar-refractivity contribution < 1.29 is 17.7 Å². The third-order valence-corrected chi connectivity index (χ3v) is 7.29. The molecule has 2 aromatic carbocycles. The monoisotopic (exact) mass is 404 g/mol. The van der Waals surface area contributed by atoms with Gasteiger partial charge in [0.1, 0.15) is 5.69 Å². The van der Waals surface area contributed by atoms with Crippen LogP contribution in [0.5, 0.6) is 0 Å². The largest absolute Gasteiger partial charge is 0.356 e. The molecule has 140 valence electrons. The molecule has 0 N–H and O–H groups in total. The first-order chi connectivity index (χ1) is 12.9. The predicted octanol–water partition coefficient (Wildman–Crippen LogP) is 3.10. The number of carbonyl (C=O) groups excluding carboxylic acids is 1. The summed E-state index contributed by atoms with van der Waals surface area (Å²) in [6, 6.07) is 13.5. The Balaban J connectivity index is 1.47. The van der Waals surface area contributed by atoms with E-state index >= 15 is 0 Å². The third-order valence-electron chi connectivity index (χ3n) is 4.85. The van der Waals surface area contributed by atoms with Gasteiger partial charge in [-0.1, -0.05) is 28.9 Å². The molecule has 2 heterocycles. The quantitative estimate of drug-likeness (QED) is 0.667. The average Bonchev–Trinajstić information content (AvgIpc) is 3.30. The van der Waals surface area contributed by atoms with Gasteiger partial charge < -0.3 is 9.42 Å². The van der Waals surface area contributed by atoms with Crippen molar-refractivity contribution in [2.45, 2.75) is 23.0 Å². The van der Waals surface area contributed by atoms with E-state index in [2.05, 4.69) is 5.16 Å². The Morgan fingerprint density at radius 3 is 2.70 bits per heavy atom. The second-order valence-electron chi connectivity index (χ2n) is 6.55. The molecule has 1 unspecified atom stereocenters. The van der Waals surface area contributed by atoms with Crippen LogP contribution in [0.15, 0.2) is 57.9 Å². The number of aromatic nitrogens is 1. The Kier molecular flexibility index (Phi) is 4.65. The van der Waals surface area contributed by atoms with Gasteiger partial charge in [0, 0.05) is 23.5 Å². The minimum Gasteiger partial charge on any atom is -0.356 e. The molecule has 1 atom stereocenters. The van der Waals surface area contributed by atoms with Gasteiger partial charge in [-0.15, -0.1) is 0 Å². The first-order valence-electron chi connectivity index (χ1n) is 8.55. The van der Waals surface area contributed by atoms with Gasteiger partial charge in [-0.3, -0.25) is 4.79 Å². The lowest BCUT2D eigenvalue weighted by Crippen LogP contribution is -2.33. The summed E-state index contributed by atoms with van der Waals surface area (Å²) < 4.78 is 30.8. The number of carbonyl (C=O) groups is 1. The fraction of sp³-hybridized carbons (Fsp3) is 0.263. The van der Waals surface area contributed by atoms with Crippen LogP contribution in [0.1, 0.15) is 12.1 Å². The van der Waals surface area contributed by atoms with Gasteiger partial charge in [-0.05, 0) is 42.8 Å². The second kappa shape index (κ2) is 6.98. The number of hydrogen-bond donors (Lipinski definition) is 0. The highest BCUT2D eigenvalue weighted by Gasteiger charge is 2.36. The van der Waals surface area contributed by atoms with Crippen LogP contribution in [-0.4, -0.2) is 42.7 Å². The molecule has 1 fully saturated rings. The molecule has 1 aromatic heterocycles. The number of benzene rings is 2. The van der Waals surface area contributed by atoms with E-state index < -0.39 is 15.1 Å². The van der Waals surface area contributed by atoms with Crippen LogP contribution in [0, 0.1) is 0 Å². The van der Waals surface area contributed by atoms with Crippen molar-refractivity contribution in [1.29, 1.82) is 0 Å². The van der Waals surface area contributed by atoms with Crippen molar-refractivity contribution in [3.63, 3.8) is 0 Å². The number of hydrogen-bond acceptors (Lipinski definition) is 5. The number of rotatable bonds is 4. The van der Waals surface area contributed by atoms with Gasteiger partial charge >= 0.3 is 0 Å². The second-order valence-corrected chi connectivity index (χ2v) is 9.22. The molecule has 1 aliphatic heterocycles. The maximum Gasteiger partial charge on any atom is 0.228 e. The molecule has 0 saturated carbocycles. The van der Waals surface area contributed by atoms with Crippen LogP contribution in [-0.2, 0) is 21.1 Å². The average molecular weight is 405 g/mol. The van der Waals surface area contributed by atoms with Crippen molar-refractivity contribution in [3.05, 3.63) is 59.2 Å². The molecule has 6 nitrogen and oxygen atoms in total. The summed E-state index contributed by atoms with van der Waals surface area (Å²) in [5.41, 5.74) is 1.20. The summed E-state index contributed by atoms with van der Waals surface area (Å²) in [5.74, 6) is -0.150. The number of likely N-dealkylation sites (tertiary alicyclic amines) is 1.